The molecule has 11 rings (SSSR count). The lowest BCUT2D eigenvalue weighted by atomic mass is 9.35. The van der Waals surface area contributed by atoms with Gasteiger partial charge in [-0.25, -0.2) is 0 Å². The van der Waals surface area contributed by atoms with Crippen molar-refractivity contribution in [2.45, 2.75) is 182 Å². The molecule has 2 aliphatic heterocycles. The molecule has 0 spiro atoms. The summed E-state index contributed by atoms with van der Waals surface area (Å²) in [4.78, 5) is 7.87. The van der Waals surface area contributed by atoms with Crippen LogP contribution in [0.15, 0.2) is 140 Å². The topological polar surface area (TPSA) is 9.72 Å². The van der Waals surface area contributed by atoms with Crippen LogP contribution in [0.2, 0.25) is 0 Å². The molecule has 3 nitrogen and oxygen atoms in total. The third-order valence-corrected chi connectivity index (χ3v) is 18.9. The highest BCUT2D eigenvalue weighted by Gasteiger charge is 2.48. The fraction of sp³-hybridized carbons (Fsp3) is 0.389. The Labute approximate surface area is 467 Å². The Kier molecular flexibility index (Phi) is 12.2. The van der Waals surface area contributed by atoms with Crippen LogP contribution in [0.1, 0.15) is 183 Å². The van der Waals surface area contributed by atoms with Crippen LogP contribution in [0, 0.1) is 0 Å². The average molecular weight is 1030 g/mol. The van der Waals surface area contributed by atoms with E-state index in [-0.39, 0.29) is 44.6 Å². The number of hydrogen-bond donors (Lipinski definition) is 0. The molecule has 0 radical (unpaired) electrons. The van der Waals surface area contributed by atoms with Gasteiger partial charge in [0.1, 0.15) is 0 Å². The molecule has 0 saturated heterocycles. The van der Waals surface area contributed by atoms with Gasteiger partial charge >= 0.3 is 0 Å². The summed E-state index contributed by atoms with van der Waals surface area (Å²) in [5, 5.41) is 1.32. The van der Waals surface area contributed by atoms with Crippen molar-refractivity contribution >= 4 is 95.0 Å². The van der Waals surface area contributed by atoms with E-state index in [4.69, 9.17) is 0 Å². The highest BCUT2D eigenvalue weighted by atomic mass is 32.1. The minimum absolute atomic E-state index is 0.00621. The fourth-order valence-corrected chi connectivity index (χ4v) is 13.9. The molecule has 3 aliphatic rings. The molecule has 0 amide bonds. The minimum Gasteiger partial charge on any atom is -0.311 e. The standard InChI is InChI=1S/C72H84BN3S/c1-66(2,3)45-20-29-50(30-21-45)74(51-31-22-46(23-32-51)67(4,5)6)54-41-60-63-61(42-54)76(53-35-26-48(27-36-53)69(10,11)12)64-55-40-49(70(13,14)15)28-37-62(55)77-65(64)73(63)58-43-56-57(72(18,19)39-38-71(56,16)17)44-59(58)75(60)52-33-24-47(25-34-52)68(7,8)9/h20-37,40-44H,38-39H2,1-19H3. The van der Waals surface area contributed by atoms with Gasteiger partial charge in [0.05, 0.1) is 11.4 Å². The van der Waals surface area contributed by atoms with Crippen molar-refractivity contribution in [2.24, 2.45) is 0 Å². The number of thiophene rings is 1. The first-order valence-electron chi connectivity index (χ1n) is 28.6. The number of anilines is 9. The van der Waals surface area contributed by atoms with Crippen molar-refractivity contribution in [3.05, 3.63) is 178 Å². The molecule has 3 heterocycles. The summed E-state index contributed by atoms with van der Waals surface area (Å²) in [5.41, 5.74) is 23.2. The van der Waals surface area contributed by atoms with Crippen molar-refractivity contribution in [2.75, 3.05) is 14.7 Å². The van der Waals surface area contributed by atoms with Crippen molar-refractivity contribution < 1.29 is 0 Å². The summed E-state index contributed by atoms with van der Waals surface area (Å²) in [5.74, 6) is 0. The number of hydrogen-bond acceptors (Lipinski definition) is 4. The second-order valence-electron chi connectivity index (χ2n) is 29.5. The van der Waals surface area contributed by atoms with E-state index in [0.717, 1.165) is 29.9 Å². The van der Waals surface area contributed by atoms with Gasteiger partial charge in [0.2, 0.25) is 0 Å². The molecule has 77 heavy (non-hydrogen) atoms. The van der Waals surface area contributed by atoms with Gasteiger partial charge in [0.25, 0.3) is 6.71 Å². The number of fused-ring (bicyclic) bond motifs is 7. The van der Waals surface area contributed by atoms with Crippen molar-refractivity contribution in [1.29, 1.82) is 0 Å². The van der Waals surface area contributed by atoms with Gasteiger partial charge in [0, 0.05) is 54.7 Å². The fourth-order valence-electron chi connectivity index (χ4n) is 12.6. The van der Waals surface area contributed by atoms with Crippen LogP contribution in [0.25, 0.3) is 10.1 Å². The quantitative estimate of drug-likeness (QED) is 0.159. The van der Waals surface area contributed by atoms with Crippen molar-refractivity contribution in [1.82, 2.24) is 0 Å². The Bertz CT molecular complexity index is 3520. The Hall–Kier alpha value is -6.04. The summed E-state index contributed by atoms with van der Waals surface area (Å²) >= 11 is 2.01. The monoisotopic (exact) mass is 1030 g/mol. The number of benzene rings is 7. The Morgan fingerprint density at radius 1 is 0.416 bits per heavy atom. The maximum Gasteiger partial charge on any atom is 0.264 e. The molecule has 0 unspecified atom stereocenters. The maximum atomic E-state index is 2.69. The summed E-state index contributed by atoms with van der Waals surface area (Å²) in [6, 6.07) is 55.6. The first kappa shape index (κ1) is 53.0. The van der Waals surface area contributed by atoms with Gasteiger partial charge in [0.15, 0.2) is 0 Å². The molecular weight excluding hydrogens is 950 g/mol. The van der Waals surface area contributed by atoms with Gasteiger partial charge < -0.3 is 14.7 Å². The van der Waals surface area contributed by atoms with Gasteiger partial charge in [-0.1, -0.05) is 192 Å². The summed E-state index contributed by atoms with van der Waals surface area (Å²) in [7, 11) is 0. The SMILES string of the molecule is CC(C)(C)c1ccc(N(c2ccc(C(C)(C)C)cc2)c2cc3c4c(c2)N(c2ccc(C(C)(C)C)cc2)c2c(sc5ccc(C(C)(C)C)cc25)B4c2cc4c(cc2N3c2ccc(C(C)(C)C)cc2)C(C)(C)CCC4(C)C)cc1. The van der Waals surface area contributed by atoms with E-state index in [1.807, 2.05) is 11.3 Å². The van der Waals surface area contributed by atoms with Crippen LogP contribution in [0.3, 0.4) is 0 Å². The Balaban J connectivity index is 1.31. The molecular formula is C72H84BN3S. The van der Waals surface area contributed by atoms with Crippen LogP contribution >= 0.6 is 11.3 Å². The summed E-state index contributed by atoms with van der Waals surface area (Å²) in [6.45, 7) is 44.8. The zero-order chi connectivity index (χ0) is 55.3. The van der Waals surface area contributed by atoms with Crippen LogP contribution in [0.5, 0.6) is 0 Å². The lowest BCUT2D eigenvalue weighted by molar-refractivity contribution is 0.332. The molecule has 0 atom stereocenters. The molecule has 8 aromatic rings. The largest absolute Gasteiger partial charge is 0.311 e. The second-order valence-corrected chi connectivity index (χ2v) is 30.6. The molecule has 0 fully saturated rings. The Morgan fingerprint density at radius 2 is 0.805 bits per heavy atom. The van der Waals surface area contributed by atoms with E-state index in [1.54, 1.807) is 0 Å². The normalized spacial score (nSPS) is 16.0. The highest BCUT2D eigenvalue weighted by Crippen LogP contribution is 2.54. The summed E-state index contributed by atoms with van der Waals surface area (Å²) < 4.78 is 2.74. The predicted molar refractivity (Wildman–Crippen MR) is 339 cm³/mol. The van der Waals surface area contributed by atoms with Crippen molar-refractivity contribution in [3.63, 3.8) is 0 Å². The molecule has 0 saturated carbocycles. The van der Waals surface area contributed by atoms with E-state index in [2.05, 4.69) is 286 Å². The molecule has 0 bridgehead atoms. The van der Waals surface area contributed by atoms with E-state index < -0.39 is 0 Å². The van der Waals surface area contributed by atoms with Crippen molar-refractivity contribution in [3.8, 4) is 0 Å². The second kappa shape index (κ2) is 17.7. The maximum absolute atomic E-state index is 2.69. The molecule has 7 aromatic carbocycles. The average Bonchev–Trinajstić information content (AvgIpc) is 3.94. The lowest BCUT2D eigenvalue weighted by Crippen LogP contribution is -2.61. The zero-order valence-electron chi connectivity index (χ0n) is 50.0. The smallest absolute Gasteiger partial charge is 0.264 e. The summed E-state index contributed by atoms with van der Waals surface area (Å²) in [6.07, 6.45) is 2.31. The lowest BCUT2D eigenvalue weighted by Gasteiger charge is -2.47. The number of rotatable bonds is 5. The van der Waals surface area contributed by atoms with Crippen LogP contribution in [-0.4, -0.2) is 6.71 Å². The highest BCUT2D eigenvalue weighted by molar-refractivity contribution is 7.33. The van der Waals surface area contributed by atoms with E-state index >= 15 is 0 Å². The molecule has 1 aliphatic carbocycles. The van der Waals surface area contributed by atoms with E-state index in [0.29, 0.717) is 0 Å². The predicted octanol–water partition coefficient (Wildman–Crippen LogP) is 19.3. The van der Waals surface area contributed by atoms with Gasteiger partial charge in [-0.05, 0) is 179 Å². The molecule has 0 N–H and O–H groups in total. The Morgan fingerprint density at radius 3 is 1.25 bits per heavy atom. The minimum atomic E-state index is -0.0292. The number of nitrogens with zero attached hydrogens (tertiary/aromatic N) is 3. The van der Waals surface area contributed by atoms with E-state index in [9.17, 15) is 0 Å². The van der Waals surface area contributed by atoms with Crippen LogP contribution in [0.4, 0.5) is 51.2 Å². The van der Waals surface area contributed by atoms with Gasteiger partial charge in [-0.2, -0.15) is 0 Å². The molecule has 1 aromatic heterocycles. The first-order chi connectivity index (χ1) is 35.8. The third kappa shape index (κ3) is 9.15. The van der Waals surface area contributed by atoms with Crippen LogP contribution < -0.4 is 30.4 Å². The first-order valence-corrected chi connectivity index (χ1v) is 29.4. The zero-order valence-corrected chi connectivity index (χ0v) is 50.8. The molecule has 396 valence electrons. The van der Waals surface area contributed by atoms with Crippen LogP contribution in [-0.2, 0) is 37.9 Å². The van der Waals surface area contributed by atoms with E-state index in [1.165, 1.54) is 98.9 Å². The van der Waals surface area contributed by atoms with Gasteiger partial charge in [-0.15, -0.1) is 11.3 Å². The third-order valence-electron chi connectivity index (χ3n) is 17.7. The molecule has 5 heteroatoms. The van der Waals surface area contributed by atoms with Gasteiger partial charge in [-0.3, -0.25) is 0 Å².